The van der Waals surface area contributed by atoms with Crippen molar-refractivity contribution >= 4 is 17.5 Å². The predicted octanol–water partition coefficient (Wildman–Crippen LogP) is 1.22. The molecule has 0 aliphatic heterocycles. The summed E-state index contributed by atoms with van der Waals surface area (Å²) in [5.74, 6) is -0.934. The molecule has 0 radical (unpaired) electrons. The van der Waals surface area contributed by atoms with E-state index in [1.165, 1.54) is 12.1 Å². The lowest BCUT2D eigenvalue weighted by Gasteiger charge is -2.18. The summed E-state index contributed by atoms with van der Waals surface area (Å²) >= 11 is 0. The number of nitrogens with one attached hydrogen (secondary N) is 2. The highest BCUT2D eigenvalue weighted by molar-refractivity contribution is 5.92. The van der Waals surface area contributed by atoms with Gasteiger partial charge < -0.3 is 10.2 Å². The number of rotatable bonds is 7. The van der Waals surface area contributed by atoms with Gasteiger partial charge in [0.15, 0.2) is 0 Å². The molecule has 110 valence electrons. The van der Waals surface area contributed by atoms with Crippen molar-refractivity contribution < 1.29 is 14.0 Å². The zero-order valence-electron chi connectivity index (χ0n) is 11.8. The molecule has 2 amide bonds. The van der Waals surface area contributed by atoms with E-state index in [2.05, 4.69) is 10.6 Å². The van der Waals surface area contributed by atoms with Gasteiger partial charge >= 0.3 is 0 Å². The second-order valence-corrected chi connectivity index (χ2v) is 4.20. The molecule has 1 aromatic rings. The average Bonchev–Trinajstić information content (AvgIpc) is 2.43. The van der Waals surface area contributed by atoms with Crippen LogP contribution in [0.5, 0.6) is 0 Å². The van der Waals surface area contributed by atoms with Gasteiger partial charge in [-0.1, -0.05) is 12.1 Å². The van der Waals surface area contributed by atoms with Gasteiger partial charge in [0, 0.05) is 13.1 Å². The molecule has 1 rings (SSSR count). The van der Waals surface area contributed by atoms with Crippen molar-refractivity contribution in [2.75, 3.05) is 31.5 Å². The lowest BCUT2D eigenvalue weighted by molar-refractivity contribution is -0.129. The Morgan fingerprint density at radius 1 is 1.15 bits per heavy atom. The number of carbonyl (C=O) groups excluding carboxylic acids is 2. The van der Waals surface area contributed by atoms with Crippen LogP contribution in [0.3, 0.4) is 0 Å². The standard InChI is InChI=1S/C14H20FN3O2/c1-3-18(4-2)14(20)10-16-9-13(19)17-12-8-6-5-7-11(12)15/h5-8,16H,3-4,9-10H2,1-2H3,(H,17,19). The van der Waals surface area contributed by atoms with Crippen molar-refractivity contribution in [3.8, 4) is 0 Å². The molecular formula is C14H20FN3O2. The lowest BCUT2D eigenvalue weighted by atomic mass is 10.3. The fourth-order valence-electron chi connectivity index (χ4n) is 1.73. The van der Waals surface area contributed by atoms with E-state index in [-0.39, 0.29) is 30.6 Å². The van der Waals surface area contributed by atoms with Gasteiger partial charge in [-0.15, -0.1) is 0 Å². The third kappa shape index (κ3) is 4.97. The zero-order valence-corrected chi connectivity index (χ0v) is 11.8. The van der Waals surface area contributed by atoms with Crippen LogP contribution < -0.4 is 10.6 Å². The van der Waals surface area contributed by atoms with Crippen LogP contribution in [0.4, 0.5) is 10.1 Å². The Morgan fingerprint density at radius 3 is 2.40 bits per heavy atom. The van der Waals surface area contributed by atoms with Crippen molar-refractivity contribution in [3.63, 3.8) is 0 Å². The van der Waals surface area contributed by atoms with Gasteiger partial charge in [-0.25, -0.2) is 4.39 Å². The zero-order chi connectivity index (χ0) is 15.0. The summed E-state index contributed by atoms with van der Waals surface area (Å²) in [7, 11) is 0. The third-order valence-electron chi connectivity index (χ3n) is 2.83. The molecule has 6 heteroatoms. The number of hydrogen-bond acceptors (Lipinski definition) is 3. The van der Waals surface area contributed by atoms with Gasteiger partial charge in [0.25, 0.3) is 0 Å². The normalized spacial score (nSPS) is 10.2. The second kappa shape index (κ2) is 8.27. The number of carbonyl (C=O) groups is 2. The van der Waals surface area contributed by atoms with Crippen LogP contribution in [-0.2, 0) is 9.59 Å². The van der Waals surface area contributed by atoms with E-state index in [4.69, 9.17) is 0 Å². The first-order chi connectivity index (χ1) is 9.58. The van der Waals surface area contributed by atoms with Crippen molar-refractivity contribution in [3.05, 3.63) is 30.1 Å². The Bertz CT molecular complexity index is 461. The Morgan fingerprint density at radius 2 is 1.80 bits per heavy atom. The molecule has 1 aromatic carbocycles. The molecule has 0 fully saturated rings. The quantitative estimate of drug-likeness (QED) is 0.790. The summed E-state index contributed by atoms with van der Waals surface area (Å²) in [6, 6.07) is 5.93. The number of likely N-dealkylation sites (N-methyl/N-ethyl adjacent to an activating group) is 1. The van der Waals surface area contributed by atoms with E-state index in [0.717, 1.165) is 0 Å². The SMILES string of the molecule is CCN(CC)C(=O)CNCC(=O)Nc1ccccc1F. The van der Waals surface area contributed by atoms with Gasteiger partial charge in [0.2, 0.25) is 11.8 Å². The maximum Gasteiger partial charge on any atom is 0.238 e. The maximum atomic E-state index is 13.3. The van der Waals surface area contributed by atoms with Crippen LogP contribution in [-0.4, -0.2) is 42.9 Å². The molecule has 0 saturated heterocycles. The van der Waals surface area contributed by atoms with Gasteiger partial charge in [0.1, 0.15) is 5.82 Å². The number of anilines is 1. The molecular weight excluding hydrogens is 261 g/mol. The Hall–Kier alpha value is -1.95. The minimum Gasteiger partial charge on any atom is -0.342 e. The van der Waals surface area contributed by atoms with Crippen molar-refractivity contribution in [2.24, 2.45) is 0 Å². The fraction of sp³-hybridized carbons (Fsp3) is 0.429. The summed E-state index contributed by atoms with van der Waals surface area (Å²) in [6.07, 6.45) is 0. The Balaban J connectivity index is 2.34. The van der Waals surface area contributed by atoms with Crippen LogP contribution >= 0.6 is 0 Å². The number of para-hydroxylation sites is 1. The Labute approximate surface area is 118 Å². The minimum atomic E-state index is -0.486. The summed E-state index contributed by atoms with van der Waals surface area (Å²) in [5.41, 5.74) is 0.134. The number of hydrogen-bond donors (Lipinski definition) is 2. The van der Waals surface area contributed by atoms with Crippen LogP contribution in [0.15, 0.2) is 24.3 Å². The van der Waals surface area contributed by atoms with E-state index in [1.807, 2.05) is 13.8 Å². The molecule has 0 aliphatic rings. The van der Waals surface area contributed by atoms with E-state index in [0.29, 0.717) is 13.1 Å². The summed E-state index contributed by atoms with van der Waals surface area (Å²) in [6.45, 7) is 5.11. The van der Waals surface area contributed by atoms with Crippen LogP contribution in [0.25, 0.3) is 0 Å². The van der Waals surface area contributed by atoms with Crippen molar-refractivity contribution in [2.45, 2.75) is 13.8 Å². The van der Waals surface area contributed by atoms with Crippen LogP contribution in [0.1, 0.15) is 13.8 Å². The van der Waals surface area contributed by atoms with Crippen LogP contribution in [0, 0.1) is 5.82 Å². The molecule has 0 aromatic heterocycles. The van der Waals surface area contributed by atoms with E-state index in [9.17, 15) is 14.0 Å². The largest absolute Gasteiger partial charge is 0.342 e. The minimum absolute atomic E-state index is 0.0403. The molecule has 0 unspecified atom stereocenters. The number of nitrogens with zero attached hydrogens (tertiary/aromatic N) is 1. The molecule has 0 bridgehead atoms. The summed E-state index contributed by atoms with van der Waals surface area (Å²) in [5, 5.41) is 5.19. The third-order valence-corrected chi connectivity index (χ3v) is 2.83. The first-order valence-corrected chi connectivity index (χ1v) is 6.61. The van der Waals surface area contributed by atoms with Gasteiger partial charge in [-0.2, -0.15) is 0 Å². The molecule has 2 N–H and O–H groups in total. The smallest absolute Gasteiger partial charge is 0.238 e. The highest BCUT2D eigenvalue weighted by atomic mass is 19.1. The summed E-state index contributed by atoms with van der Waals surface area (Å²) in [4.78, 5) is 24.9. The highest BCUT2D eigenvalue weighted by Crippen LogP contribution is 2.11. The average molecular weight is 281 g/mol. The van der Waals surface area contributed by atoms with Crippen molar-refractivity contribution in [1.82, 2.24) is 10.2 Å². The number of halogens is 1. The van der Waals surface area contributed by atoms with Gasteiger partial charge in [-0.05, 0) is 26.0 Å². The van der Waals surface area contributed by atoms with Gasteiger partial charge in [0.05, 0.1) is 18.8 Å². The molecule has 5 nitrogen and oxygen atoms in total. The van der Waals surface area contributed by atoms with Crippen molar-refractivity contribution in [1.29, 1.82) is 0 Å². The summed E-state index contributed by atoms with van der Waals surface area (Å²) < 4.78 is 13.3. The number of benzene rings is 1. The number of amides is 2. The molecule has 0 atom stereocenters. The topological polar surface area (TPSA) is 61.4 Å². The molecule has 20 heavy (non-hydrogen) atoms. The maximum absolute atomic E-state index is 13.3. The first kappa shape index (κ1) is 16.1. The highest BCUT2D eigenvalue weighted by Gasteiger charge is 2.10. The van der Waals surface area contributed by atoms with E-state index < -0.39 is 5.82 Å². The molecule has 0 spiro atoms. The molecule has 0 saturated carbocycles. The van der Waals surface area contributed by atoms with E-state index >= 15 is 0 Å². The Kier molecular flexibility index (Phi) is 6.66. The fourth-order valence-corrected chi connectivity index (χ4v) is 1.73. The first-order valence-electron chi connectivity index (χ1n) is 6.61. The van der Waals surface area contributed by atoms with Gasteiger partial charge in [-0.3, -0.25) is 14.9 Å². The second-order valence-electron chi connectivity index (χ2n) is 4.20. The molecule has 0 heterocycles. The predicted molar refractivity (Wildman–Crippen MR) is 75.8 cm³/mol. The lowest BCUT2D eigenvalue weighted by Crippen LogP contribution is -2.40. The monoisotopic (exact) mass is 281 g/mol. The van der Waals surface area contributed by atoms with E-state index in [1.54, 1.807) is 17.0 Å². The molecule has 0 aliphatic carbocycles. The van der Waals surface area contributed by atoms with Crippen LogP contribution in [0.2, 0.25) is 0 Å².